The number of halogens is 1. The summed E-state index contributed by atoms with van der Waals surface area (Å²) in [4.78, 5) is 23.5. The van der Waals surface area contributed by atoms with Crippen molar-refractivity contribution >= 4 is 35.8 Å². The summed E-state index contributed by atoms with van der Waals surface area (Å²) in [6.45, 7) is 13.3. The number of ether oxygens (including phenoxy) is 1. The van der Waals surface area contributed by atoms with Crippen LogP contribution in [0.2, 0.25) is 0 Å². The van der Waals surface area contributed by atoms with E-state index in [1.165, 1.54) is 0 Å². The number of nitrogens with one attached hydrogen (secondary N) is 2. The van der Waals surface area contributed by atoms with E-state index in [9.17, 15) is 4.79 Å². The second-order valence-corrected chi connectivity index (χ2v) is 7.60. The molecule has 0 saturated carbocycles. The standard InChI is InChI=1S/C21H38N6O3.HI/c1-6-16(7-2)20(28)27-12-10-17(11-13-27)24-21(22-8-3)23-14-18-25-19(26-30-18)15(5)29-9-4;/h15-17H,6-14H2,1-5H3,(H2,22,23,24);1H. The summed E-state index contributed by atoms with van der Waals surface area (Å²) in [5.74, 6) is 2.17. The number of likely N-dealkylation sites (tertiary alicyclic amines) is 1. The fraction of sp³-hybridized carbons (Fsp3) is 0.810. The number of guanidine groups is 1. The topological polar surface area (TPSA) is 105 Å². The maximum absolute atomic E-state index is 12.6. The van der Waals surface area contributed by atoms with Crippen LogP contribution < -0.4 is 10.6 Å². The number of hydrogen-bond acceptors (Lipinski definition) is 6. The number of piperidine rings is 1. The van der Waals surface area contributed by atoms with Crippen LogP contribution in [0.4, 0.5) is 0 Å². The van der Waals surface area contributed by atoms with Gasteiger partial charge in [0, 0.05) is 38.2 Å². The molecule has 1 aromatic heterocycles. The Bertz CT molecular complexity index is 672. The van der Waals surface area contributed by atoms with Crippen molar-refractivity contribution in [2.75, 3.05) is 26.2 Å². The lowest BCUT2D eigenvalue weighted by Gasteiger charge is -2.34. The van der Waals surface area contributed by atoms with Crippen LogP contribution in [-0.4, -0.2) is 59.2 Å². The molecule has 0 bridgehead atoms. The summed E-state index contributed by atoms with van der Waals surface area (Å²) in [6, 6.07) is 0.282. The third kappa shape index (κ3) is 8.55. The van der Waals surface area contributed by atoms with Crippen LogP contribution in [0.1, 0.15) is 78.1 Å². The van der Waals surface area contributed by atoms with Gasteiger partial charge in [-0.1, -0.05) is 19.0 Å². The number of amides is 1. The van der Waals surface area contributed by atoms with Gasteiger partial charge >= 0.3 is 0 Å². The van der Waals surface area contributed by atoms with Gasteiger partial charge in [0.25, 0.3) is 0 Å². The first-order chi connectivity index (χ1) is 14.5. The van der Waals surface area contributed by atoms with E-state index in [-0.39, 0.29) is 42.0 Å². The smallest absolute Gasteiger partial charge is 0.248 e. The highest BCUT2D eigenvalue weighted by Gasteiger charge is 2.26. The summed E-state index contributed by atoms with van der Waals surface area (Å²) < 4.78 is 10.8. The number of nitrogens with zero attached hydrogens (tertiary/aromatic N) is 4. The Hall–Kier alpha value is -1.43. The monoisotopic (exact) mass is 550 g/mol. The van der Waals surface area contributed by atoms with Crippen molar-refractivity contribution in [1.29, 1.82) is 0 Å². The van der Waals surface area contributed by atoms with Crippen LogP contribution in [0.15, 0.2) is 9.52 Å². The zero-order valence-corrected chi connectivity index (χ0v) is 21.8. The Morgan fingerprint density at radius 2 is 1.94 bits per heavy atom. The summed E-state index contributed by atoms with van der Waals surface area (Å²) >= 11 is 0. The third-order valence-corrected chi connectivity index (χ3v) is 5.46. The molecule has 10 heteroatoms. The van der Waals surface area contributed by atoms with Gasteiger partial charge in [0.2, 0.25) is 11.8 Å². The lowest BCUT2D eigenvalue weighted by atomic mass is 9.98. The molecule has 1 aliphatic heterocycles. The SMILES string of the molecule is CCNC(=NCc1nc(C(C)OCC)no1)NC1CCN(C(=O)C(CC)CC)CC1.I. The summed E-state index contributed by atoms with van der Waals surface area (Å²) in [5, 5.41) is 10.7. The quantitative estimate of drug-likeness (QED) is 0.262. The van der Waals surface area contributed by atoms with Gasteiger partial charge in [-0.2, -0.15) is 4.98 Å². The molecule has 2 heterocycles. The highest BCUT2D eigenvalue weighted by Crippen LogP contribution is 2.17. The van der Waals surface area contributed by atoms with Crippen molar-refractivity contribution in [2.45, 2.75) is 79.0 Å². The van der Waals surface area contributed by atoms with Gasteiger partial charge in [-0.25, -0.2) is 4.99 Å². The van der Waals surface area contributed by atoms with Crippen molar-refractivity contribution < 1.29 is 14.1 Å². The van der Waals surface area contributed by atoms with E-state index in [0.717, 1.165) is 51.3 Å². The van der Waals surface area contributed by atoms with Crippen molar-refractivity contribution in [2.24, 2.45) is 10.9 Å². The largest absolute Gasteiger partial charge is 0.371 e. The lowest BCUT2D eigenvalue weighted by molar-refractivity contribution is -0.136. The van der Waals surface area contributed by atoms with E-state index in [1.54, 1.807) is 0 Å². The van der Waals surface area contributed by atoms with E-state index < -0.39 is 0 Å². The van der Waals surface area contributed by atoms with Gasteiger partial charge in [-0.15, -0.1) is 24.0 Å². The molecule has 1 saturated heterocycles. The summed E-state index contributed by atoms with van der Waals surface area (Å²) in [7, 11) is 0. The van der Waals surface area contributed by atoms with E-state index >= 15 is 0 Å². The van der Waals surface area contributed by atoms with Gasteiger partial charge < -0.3 is 24.8 Å². The third-order valence-electron chi connectivity index (χ3n) is 5.46. The predicted molar refractivity (Wildman–Crippen MR) is 131 cm³/mol. The van der Waals surface area contributed by atoms with E-state index in [1.807, 2.05) is 25.7 Å². The minimum Gasteiger partial charge on any atom is -0.371 e. The van der Waals surface area contributed by atoms with Gasteiger partial charge in [0.15, 0.2) is 11.8 Å². The normalized spacial score (nSPS) is 16.2. The van der Waals surface area contributed by atoms with Crippen molar-refractivity contribution in [3.8, 4) is 0 Å². The van der Waals surface area contributed by atoms with Crippen LogP contribution in [0.5, 0.6) is 0 Å². The van der Waals surface area contributed by atoms with Crippen molar-refractivity contribution in [1.82, 2.24) is 25.7 Å². The highest BCUT2D eigenvalue weighted by atomic mass is 127. The number of carbonyl (C=O) groups excluding carboxylic acids is 1. The number of carbonyl (C=O) groups is 1. The Morgan fingerprint density at radius 3 is 2.52 bits per heavy atom. The first-order valence-corrected chi connectivity index (χ1v) is 11.3. The second kappa shape index (κ2) is 14.6. The molecule has 1 aliphatic rings. The molecule has 2 rings (SSSR count). The van der Waals surface area contributed by atoms with Crippen LogP contribution in [0.3, 0.4) is 0 Å². The van der Waals surface area contributed by atoms with Crippen molar-refractivity contribution in [3.05, 3.63) is 11.7 Å². The molecule has 31 heavy (non-hydrogen) atoms. The number of aromatic nitrogens is 2. The molecular weight excluding hydrogens is 511 g/mol. The van der Waals surface area contributed by atoms with Crippen LogP contribution in [-0.2, 0) is 16.1 Å². The molecule has 1 unspecified atom stereocenters. The van der Waals surface area contributed by atoms with Crippen LogP contribution in [0.25, 0.3) is 0 Å². The maximum Gasteiger partial charge on any atom is 0.248 e. The fourth-order valence-corrected chi connectivity index (χ4v) is 3.62. The zero-order chi connectivity index (χ0) is 21.9. The number of aliphatic imine (C=N–C) groups is 1. The molecule has 1 fully saturated rings. The van der Waals surface area contributed by atoms with E-state index in [4.69, 9.17) is 9.26 Å². The predicted octanol–water partition coefficient (Wildman–Crippen LogP) is 3.27. The average Bonchev–Trinajstić information content (AvgIpc) is 3.23. The summed E-state index contributed by atoms with van der Waals surface area (Å²) in [6.07, 6.45) is 3.44. The molecule has 1 aromatic rings. The molecule has 0 spiro atoms. The minimum atomic E-state index is -0.198. The number of rotatable bonds is 10. The zero-order valence-electron chi connectivity index (χ0n) is 19.5. The molecule has 1 atom stereocenters. The molecule has 9 nitrogen and oxygen atoms in total. The first kappa shape index (κ1) is 27.6. The average molecular weight is 550 g/mol. The summed E-state index contributed by atoms with van der Waals surface area (Å²) in [5.41, 5.74) is 0. The van der Waals surface area contributed by atoms with Gasteiger partial charge in [0.1, 0.15) is 12.6 Å². The lowest BCUT2D eigenvalue weighted by Crippen LogP contribution is -2.50. The Kier molecular flexibility index (Phi) is 13.0. The Balaban J connectivity index is 0.00000480. The minimum absolute atomic E-state index is 0. The van der Waals surface area contributed by atoms with Gasteiger partial charge in [-0.05, 0) is 46.5 Å². The molecule has 0 aromatic carbocycles. The van der Waals surface area contributed by atoms with Gasteiger partial charge in [-0.3, -0.25) is 4.79 Å². The van der Waals surface area contributed by atoms with Crippen molar-refractivity contribution in [3.63, 3.8) is 0 Å². The highest BCUT2D eigenvalue weighted by molar-refractivity contribution is 14.0. The van der Waals surface area contributed by atoms with Crippen LogP contribution >= 0.6 is 24.0 Å². The maximum atomic E-state index is 12.6. The van der Waals surface area contributed by atoms with Crippen LogP contribution in [0, 0.1) is 5.92 Å². The molecule has 0 radical (unpaired) electrons. The Labute approximate surface area is 203 Å². The van der Waals surface area contributed by atoms with E-state index in [0.29, 0.717) is 30.8 Å². The molecule has 2 N–H and O–H groups in total. The molecule has 178 valence electrons. The first-order valence-electron chi connectivity index (χ1n) is 11.3. The fourth-order valence-electron chi connectivity index (χ4n) is 3.62. The molecule has 0 aliphatic carbocycles. The molecular formula is C21H39IN6O3. The van der Waals surface area contributed by atoms with E-state index in [2.05, 4.69) is 39.6 Å². The number of hydrogen-bond donors (Lipinski definition) is 2. The van der Waals surface area contributed by atoms with Gasteiger partial charge in [0.05, 0.1) is 0 Å². The Morgan fingerprint density at radius 1 is 1.26 bits per heavy atom. The molecule has 1 amide bonds. The second-order valence-electron chi connectivity index (χ2n) is 7.60.